The average molecular weight is 335 g/mol. The molecule has 0 unspecified atom stereocenters. The number of carbonyl (C=O) groups excluding carboxylic acids is 1. The Bertz CT molecular complexity index is 532. The number of likely N-dealkylation sites (tertiary alicyclic amines) is 1. The molecule has 0 N–H and O–H groups in total. The highest BCUT2D eigenvalue weighted by atomic mass is 16.5. The van der Waals surface area contributed by atoms with E-state index >= 15 is 0 Å². The Morgan fingerprint density at radius 2 is 1.96 bits per heavy atom. The second-order valence-electron chi connectivity index (χ2n) is 6.17. The molecule has 1 aliphatic rings. The van der Waals surface area contributed by atoms with Gasteiger partial charge in [-0.25, -0.2) is 0 Å². The highest BCUT2D eigenvalue weighted by molar-refractivity contribution is 5.79. The van der Waals surface area contributed by atoms with Crippen LogP contribution in [0.1, 0.15) is 38.2 Å². The summed E-state index contributed by atoms with van der Waals surface area (Å²) >= 11 is 0. The largest absolute Gasteiger partial charge is 0.493 e. The summed E-state index contributed by atoms with van der Waals surface area (Å²) in [7, 11) is 3.21. The second-order valence-corrected chi connectivity index (χ2v) is 6.17. The molecule has 1 aromatic carbocycles. The van der Waals surface area contributed by atoms with Crippen LogP contribution in [-0.4, -0.2) is 50.8 Å². The first kappa shape index (κ1) is 18.6. The van der Waals surface area contributed by atoms with Crippen LogP contribution in [0.2, 0.25) is 0 Å². The molecule has 0 aliphatic carbocycles. The molecule has 0 radical (unpaired) electrons. The van der Waals surface area contributed by atoms with Gasteiger partial charge >= 0.3 is 0 Å². The van der Waals surface area contributed by atoms with Gasteiger partial charge < -0.3 is 19.1 Å². The van der Waals surface area contributed by atoms with Crippen LogP contribution in [0.4, 0.5) is 0 Å². The molecule has 0 saturated carbocycles. The SMILES string of the molecule is CCCO[C@H]1CCCN(C(=O)Cc2ccc(OC)c(OC)c2)CC1. The van der Waals surface area contributed by atoms with Gasteiger partial charge in [0.1, 0.15) is 0 Å². The zero-order valence-electron chi connectivity index (χ0n) is 15.0. The first-order valence-electron chi connectivity index (χ1n) is 8.78. The number of amides is 1. The maximum Gasteiger partial charge on any atom is 0.226 e. The first-order valence-corrected chi connectivity index (χ1v) is 8.78. The Morgan fingerprint density at radius 3 is 2.67 bits per heavy atom. The van der Waals surface area contributed by atoms with Crippen LogP contribution in [0.15, 0.2) is 18.2 Å². The molecule has 1 atom stereocenters. The van der Waals surface area contributed by atoms with E-state index in [0.717, 1.165) is 50.9 Å². The minimum absolute atomic E-state index is 0.165. The van der Waals surface area contributed by atoms with Crippen molar-refractivity contribution >= 4 is 5.91 Å². The fraction of sp³-hybridized carbons (Fsp3) is 0.632. The van der Waals surface area contributed by atoms with Crippen molar-refractivity contribution in [2.75, 3.05) is 33.9 Å². The number of ether oxygens (including phenoxy) is 3. The van der Waals surface area contributed by atoms with Gasteiger partial charge in [0.2, 0.25) is 5.91 Å². The Hall–Kier alpha value is -1.75. The van der Waals surface area contributed by atoms with Crippen molar-refractivity contribution in [3.05, 3.63) is 23.8 Å². The summed E-state index contributed by atoms with van der Waals surface area (Å²) in [5.74, 6) is 1.50. The van der Waals surface area contributed by atoms with Gasteiger partial charge in [0.05, 0.1) is 26.7 Å². The molecule has 1 fully saturated rings. The molecule has 1 aliphatic heterocycles. The lowest BCUT2D eigenvalue weighted by atomic mass is 10.1. The standard InChI is InChI=1S/C19H29NO4/c1-4-12-24-16-6-5-10-20(11-9-16)19(21)14-15-7-8-17(22-2)18(13-15)23-3/h7-8,13,16H,4-6,9-12,14H2,1-3H3/t16-/m0/s1. The van der Waals surface area contributed by atoms with Crippen LogP contribution in [0.25, 0.3) is 0 Å². The molecule has 2 rings (SSSR count). The van der Waals surface area contributed by atoms with Gasteiger partial charge in [-0.3, -0.25) is 4.79 Å². The third kappa shape index (κ3) is 5.13. The number of methoxy groups -OCH3 is 2. The lowest BCUT2D eigenvalue weighted by Gasteiger charge is -2.21. The molecule has 24 heavy (non-hydrogen) atoms. The van der Waals surface area contributed by atoms with Crippen LogP contribution in [-0.2, 0) is 16.0 Å². The summed E-state index contributed by atoms with van der Waals surface area (Å²) in [6, 6.07) is 5.64. The lowest BCUT2D eigenvalue weighted by molar-refractivity contribution is -0.130. The number of hydrogen-bond donors (Lipinski definition) is 0. The van der Waals surface area contributed by atoms with Crippen molar-refractivity contribution < 1.29 is 19.0 Å². The van der Waals surface area contributed by atoms with Crippen LogP contribution in [0.3, 0.4) is 0 Å². The second kappa shape index (κ2) is 9.52. The van der Waals surface area contributed by atoms with E-state index in [4.69, 9.17) is 14.2 Å². The fourth-order valence-electron chi connectivity index (χ4n) is 3.04. The van der Waals surface area contributed by atoms with E-state index in [1.165, 1.54) is 0 Å². The van der Waals surface area contributed by atoms with Gasteiger partial charge in [-0.05, 0) is 43.4 Å². The van der Waals surface area contributed by atoms with E-state index in [9.17, 15) is 4.79 Å². The molecule has 1 saturated heterocycles. The summed E-state index contributed by atoms with van der Waals surface area (Å²) in [6.07, 6.45) is 4.70. The quantitative estimate of drug-likeness (QED) is 0.768. The van der Waals surface area contributed by atoms with Crippen LogP contribution >= 0.6 is 0 Å². The molecular weight excluding hydrogens is 306 g/mol. The third-order valence-electron chi connectivity index (χ3n) is 4.39. The Kier molecular flexibility index (Phi) is 7.37. The molecule has 1 amide bonds. The number of carbonyl (C=O) groups is 1. The van der Waals surface area contributed by atoms with Gasteiger partial charge in [0.25, 0.3) is 0 Å². The smallest absolute Gasteiger partial charge is 0.226 e. The molecular formula is C19H29NO4. The summed E-state index contributed by atoms with van der Waals surface area (Å²) in [5.41, 5.74) is 0.945. The normalized spacial score (nSPS) is 18.1. The molecule has 1 aromatic rings. The topological polar surface area (TPSA) is 48.0 Å². The first-order chi connectivity index (χ1) is 11.7. The monoisotopic (exact) mass is 335 g/mol. The number of nitrogens with zero attached hydrogens (tertiary/aromatic N) is 1. The summed E-state index contributed by atoms with van der Waals surface area (Å²) in [6.45, 7) is 4.53. The van der Waals surface area contributed by atoms with Crippen molar-refractivity contribution in [1.82, 2.24) is 4.90 Å². The van der Waals surface area contributed by atoms with Gasteiger partial charge in [-0.2, -0.15) is 0 Å². The molecule has 0 spiro atoms. The Morgan fingerprint density at radius 1 is 1.17 bits per heavy atom. The zero-order chi connectivity index (χ0) is 17.4. The maximum absolute atomic E-state index is 12.6. The van der Waals surface area contributed by atoms with E-state index < -0.39 is 0 Å². The number of rotatable bonds is 7. The number of benzene rings is 1. The van der Waals surface area contributed by atoms with E-state index in [1.54, 1.807) is 14.2 Å². The van der Waals surface area contributed by atoms with Gasteiger partial charge in [0.15, 0.2) is 11.5 Å². The molecule has 0 bridgehead atoms. The lowest BCUT2D eigenvalue weighted by Crippen LogP contribution is -2.33. The minimum atomic E-state index is 0.165. The zero-order valence-corrected chi connectivity index (χ0v) is 15.0. The predicted molar refractivity (Wildman–Crippen MR) is 93.7 cm³/mol. The van der Waals surface area contributed by atoms with Gasteiger partial charge in [-0.1, -0.05) is 13.0 Å². The highest BCUT2D eigenvalue weighted by Crippen LogP contribution is 2.28. The van der Waals surface area contributed by atoms with Crippen molar-refractivity contribution in [3.8, 4) is 11.5 Å². The van der Waals surface area contributed by atoms with Crippen molar-refractivity contribution in [2.45, 2.75) is 45.1 Å². The molecule has 134 valence electrons. The van der Waals surface area contributed by atoms with E-state index in [2.05, 4.69) is 6.92 Å². The average Bonchev–Trinajstić information content (AvgIpc) is 2.85. The van der Waals surface area contributed by atoms with E-state index in [0.29, 0.717) is 24.0 Å². The third-order valence-corrected chi connectivity index (χ3v) is 4.39. The minimum Gasteiger partial charge on any atom is -0.493 e. The Labute approximate surface area is 144 Å². The van der Waals surface area contributed by atoms with Gasteiger partial charge in [0, 0.05) is 19.7 Å². The van der Waals surface area contributed by atoms with E-state index in [1.807, 2.05) is 23.1 Å². The molecule has 1 heterocycles. The van der Waals surface area contributed by atoms with Crippen molar-refractivity contribution in [2.24, 2.45) is 0 Å². The van der Waals surface area contributed by atoms with Crippen molar-refractivity contribution in [1.29, 1.82) is 0 Å². The summed E-state index contributed by atoms with van der Waals surface area (Å²) in [5, 5.41) is 0. The van der Waals surface area contributed by atoms with E-state index in [-0.39, 0.29) is 5.91 Å². The predicted octanol–water partition coefficient (Wildman–Crippen LogP) is 3.05. The fourth-order valence-corrected chi connectivity index (χ4v) is 3.04. The summed E-state index contributed by atoms with van der Waals surface area (Å²) < 4.78 is 16.4. The van der Waals surface area contributed by atoms with Gasteiger partial charge in [-0.15, -0.1) is 0 Å². The summed E-state index contributed by atoms with van der Waals surface area (Å²) in [4.78, 5) is 14.6. The van der Waals surface area contributed by atoms with Crippen LogP contribution in [0.5, 0.6) is 11.5 Å². The highest BCUT2D eigenvalue weighted by Gasteiger charge is 2.21. The molecule has 5 nitrogen and oxygen atoms in total. The molecule has 5 heteroatoms. The van der Waals surface area contributed by atoms with Crippen molar-refractivity contribution in [3.63, 3.8) is 0 Å². The van der Waals surface area contributed by atoms with Crippen LogP contribution < -0.4 is 9.47 Å². The maximum atomic E-state index is 12.6. The number of hydrogen-bond acceptors (Lipinski definition) is 4. The Balaban J connectivity index is 1.92. The molecule has 0 aromatic heterocycles. The van der Waals surface area contributed by atoms with Crippen LogP contribution in [0, 0.1) is 0 Å².